The molecule has 63 heavy (non-hydrogen) atoms. The Labute approximate surface area is 360 Å². The van der Waals surface area contributed by atoms with E-state index in [0.717, 1.165) is 23.9 Å². The van der Waals surface area contributed by atoms with E-state index in [9.17, 15) is 74.0 Å². The zero-order chi connectivity index (χ0) is 45.5. The Kier molecular flexibility index (Phi) is 13.7. The lowest BCUT2D eigenvalue weighted by molar-refractivity contribution is -0.303. The highest BCUT2D eigenvalue weighted by Gasteiger charge is 2.53. The van der Waals surface area contributed by atoms with Crippen LogP contribution in [0.1, 0.15) is 23.3 Å². The normalized spacial score (nSPS) is 30.3. The van der Waals surface area contributed by atoms with Crippen molar-refractivity contribution in [3.05, 3.63) is 114 Å². The number of nitrogens with zero attached hydrogens (tertiary/aromatic N) is 1. The minimum Gasteiger partial charge on any atom is -0.479 e. The predicted molar refractivity (Wildman–Crippen MR) is 216 cm³/mol. The highest BCUT2D eigenvalue weighted by molar-refractivity contribution is 8.00. The number of para-hydroxylation sites is 1. The van der Waals surface area contributed by atoms with Gasteiger partial charge in [-0.2, -0.15) is 0 Å². The van der Waals surface area contributed by atoms with E-state index in [0.29, 0.717) is 16.8 Å². The molecule has 5 unspecified atom stereocenters. The molecule has 0 aliphatic carbocycles. The van der Waals surface area contributed by atoms with Crippen molar-refractivity contribution in [1.82, 2.24) is 0 Å². The third-order valence-electron chi connectivity index (χ3n) is 10.8. The monoisotopic (exact) mass is 917 g/mol. The van der Waals surface area contributed by atoms with Gasteiger partial charge in [0.25, 0.3) is 0 Å². The molecular formula is C41H41FNO18PS. The number of carbonyl (C=O) groups excluding carboxylic acids is 1. The van der Waals surface area contributed by atoms with Crippen LogP contribution < -0.4 is 14.9 Å². The maximum absolute atomic E-state index is 14.3. The van der Waals surface area contributed by atoms with E-state index >= 15 is 0 Å². The van der Waals surface area contributed by atoms with Gasteiger partial charge in [0.15, 0.2) is 18.5 Å². The molecule has 0 saturated carbocycles. The summed E-state index contributed by atoms with van der Waals surface area (Å²) in [5.74, 6) is -4.69. The number of hydrogen-bond acceptors (Lipinski definition) is 15. The topological polar surface area (TPSA) is 311 Å². The molecule has 3 heterocycles. The van der Waals surface area contributed by atoms with Crippen LogP contribution in [0.2, 0.25) is 0 Å². The molecule has 22 heteroatoms. The largest absolute Gasteiger partial charge is 0.479 e. The summed E-state index contributed by atoms with van der Waals surface area (Å²) in [5.41, 5.74) is 1.73. The van der Waals surface area contributed by atoms with Crippen molar-refractivity contribution < 1.29 is 92.9 Å². The smallest absolute Gasteiger partial charge is 0.356 e. The summed E-state index contributed by atoms with van der Waals surface area (Å²) in [7, 11) is -4.61. The number of amides is 1. The number of rotatable bonds is 14. The fourth-order valence-electron chi connectivity index (χ4n) is 7.40. The summed E-state index contributed by atoms with van der Waals surface area (Å²) >= 11 is 1.01. The fourth-order valence-corrected chi connectivity index (χ4v) is 9.29. The average Bonchev–Trinajstić information content (AvgIpc) is 3.25. The number of aliphatic carboxylic acids is 2. The van der Waals surface area contributed by atoms with Crippen molar-refractivity contribution in [3.8, 4) is 16.9 Å². The summed E-state index contributed by atoms with van der Waals surface area (Å²) in [5, 5.41) is 81.5. The Morgan fingerprint density at radius 3 is 1.86 bits per heavy atom. The molecule has 3 aliphatic rings. The van der Waals surface area contributed by atoms with Gasteiger partial charge < -0.3 is 74.5 Å². The number of thioether (sulfide) groups is 1. The van der Waals surface area contributed by atoms with Crippen molar-refractivity contribution in [1.29, 1.82) is 0 Å². The van der Waals surface area contributed by atoms with Crippen LogP contribution in [0.15, 0.2) is 97.1 Å². The minimum absolute atomic E-state index is 0.121. The van der Waals surface area contributed by atoms with Gasteiger partial charge in [-0.1, -0.05) is 54.6 Å². The van der Waals surface area contributed by atoms with Gasteiger partial charge in [-0.05, 0) is 59.2 Å². The summed E-state index contributed by atoms with van der Waals surface area (Å²) in [6, 6.07) is 22.2. The van der Waals surface area contributed by atoms with Crippen LogP contribution in [0.25, 0.3) is 11.1 Å². The van der Waals surface area contributed by atoms with Crippen LogP contribution in [0.3, 0.4) is 0 Å². The van der Waals surface area contributed by atoms with E-state index < -0.39 is 110 Å². The molecule has 3 aliphatic heterocycles. The number of aliphatic hydroxyl groups is 6. The van der Waals surface area contributed by atoms with Gasteiger partial charge in [0.1, 0.15) is 53.4 Å². The Morgan fingerprint density at radius 1 is 0.730 bits per heavy atom. The quantitative estimate of drug-likeness (QED) is 0.0605. The number of hydrogen-bond donors (Lipinski definition) is 10. The molecule has 7 rings (SSSR count). The molecule has 0 bridgehead atoms. The molecule has 3 saturated heterocycles. The number of halogens is 1. The van der Waals surface area contributed by atoms with Gasteiger partial charge in [-0.15, -0.1) is 11.8 Å². The van der Waals surface area contributed by atoms with Gasteiger partial charge in [0.2, 0.25) is 12.2 Å². The standard InChI is InChI=1S/C41H41FNO18PS/c42-21-11-6-19(7-12-21)26(59-41-33(49)29(45)31(47)35(61-41)39(53)54)17-63-36-27(43(37(36)50)22-4-2-1-3-5-22)24-15-10-20(18-8-13-23(14-9-18)62(55,56)57)16-25(24)58-40-32(48)28(44)30(46)34(60-40)38(51)52/h1-16,26-36,40-41,44-49H,17H2,(H,51,52)(H,53,54)(H2,55,56,57)/t26-,27+,28-,29-,30?,31-,32?,33?,34?,35?,36+,40+,41+/m0/s1. The zero-order valence-electron chi connectivity index (χ0n) is 32.4. The van der Waals surface area contributed by atoms with E-state index in [1.54, 1.807) is 42.5 Å². The van der Waals surface area contributed by atoms with E-state index in [1.165, 1.54) is 47.4 Å². The SMILES string of the molecule is O=C(O)C1O[C@@H](Oc2cc(-c3ccc(P(=O)(O)O)cc3)ccc2[C@@H]2[C@@H](SC[C@H](O[C@@H]3OC(C(=O)O)[C@@H](O)[C@H](O)C3O)c3ccc(F)cc3)C(=O)N2c2ccccc2)C(O)[C@@H](O)C1O. The van der Waals surface area contributed by atoms with E-state index in [-0.39, 0.29) is 27.9 Å². The minimum atomic E-state index is -4.61. The first-order chi connectivity index (χ1) is 29.8. The molecule has 0 spiro atoms. The number of benzene rings is 4. The predicted octanol–water partition coefficient (Wildman–Crippen LogP) is 0.406. The Hall–Kier alpha value is -4.84. The van der Waals surface area contributed by atoms with Gasteiger partial charge in [-0.3, -0.25) is 9.36 Å². The van der Waals surface area contributed by atoms with Crippen molar-refractivity contribution in [2.45, 2.75) is 78.8 Å². The molecule has 19 nitrogen and oxygen atoms in total. The first kappa shape index (κ1) is 46.2. The average molecular weight is 918 g/mol. The van der Waals surface area contributed by atoms with Crippen LogP contribution in [0.4, 0.5) is 10.1 Å². The second kappa shape index (κ2) is 18.7. The van der Waals surface area contributed by atoms with Gasteiger partial charge in [0.05, 0.1) is 17.5 Å². The van der Waals surface area contributed by atoms with Crippen molar-refractivity contribution in [2.24, 2.45) is 0 Å². The van der Waals surface area contributed by atoms with Crippen molar-refractivity contribution in [3.63, 3.8) is 0 Å². The van der Waals surface area contributed by atoms with Crippen LogP contribution in [0, 0.1) is 5.82 Å². The van der Waals surface area contributed by atoms with Gasteiger partial charge >= 0.3 is 19.5 Å². The van der Waals surface area contributed by atoms with Crippen molar-refractivity contribution >= 4 is 48.2 Å². The lowest BCUT2D eigenvalue weighted by Crippen LogP contribution is -2.61. The van der Waals surface area contributed by atoms with Gasteiger partial charge in [0, 0.05) is 17.0 Å². The second-order valence-electron chi connectivity index (χ2n) is 14.9. The molecular weight excluding hydrogens is 876 g/mol. The third-order valence-corrected chi connectivity index (χ3v) is 13.1. The van der Waals surface area contributed by atoms with Gasteiger partial charge in [-0.25, -0.2) is 14.0 Å². The zero-order valence-corrected chi connectivity index (χ0v) is 34.1. The molecule has 3 fully saturated rings. The molecule has 4 aromatic rings. The fraction of sp³-hybridized carbons (Fsp3) is 0.341. The summed E-state index contributed by atoms with van der Waals surface area (Å²) < 4.78 is 49.0. The molecule has 0 radical (unpaired) electrons. The number of carboxylic acids is 2. The highest BCUT2D eigenvalue weighted by Crippen LogP contribution is 2.50. The number of ether oxygens (including phenoxy) is 4. The van der Waals surface area contributed by atoms with Crippen molar-refractivity contribution in [2.75, 3.05) is 10.7 Å². The molecule has 0 aromatic heterocycles. The van der Waals surface area contributed by atoms with E-state index in [1.807, 2.05) is 0 Å². The highest BCUT2D eigenvalue weighted by atomic mass is 32.2. The Morgan fingerprint density at radius 2 is 1.29 bits per heavy atom. The number of aliphatic hydroxyl groups excluding tert-OH is 6. The maximum Gasteiger partial charge on any atom is 0.356 e. The second-order valence-corrected chi connectivity index (χ2v) is 17.6. The van der Waals surface area contributed by atoms with Crippen LogP contribution >= 0.6 is 19.4 Å². The van der Waals surface area contributed by atoms with Crippen LogP contribution in [-0.2, 0) is 33.2 Å². The summed E-state index contributed by atoms with van der Waals surface area (Å²) in [6.07, 6.45) is -21.0. The number of β-lactam (4-membered cyclic amide) rings is 1. The molecule has 13 atom stereocenters. The number of carbonyl (C=O) groups is 3. The first-order valence-electron chi connectivity index (χ1n) is 19.1. The number of anilines is 1. The Balaban J connectivity index is 1.27. The maximum atomic E-state index is 14.3. The lowest BCUT2D eigenvalue weighted by atomic mass is 9.90. The first-order valence-corrected chi connectivity index (χ1v) is 21.7. The molecule has 336 valence electrons. The molecule has 1 amide bonds. The van der Waals surface area contributed by atoms with E-state index in [4.69, 9.17) is 18.9 Å². The van der Waals surface area contributed by atoms with Crippen LogP contribution in [0.5, 0.6) is 5.75 Å². The Bertz CT molecular complexity index is 2340. The summed E-state index contributed by atoms with van der Waals surface area (Å²) in [6.45, 7) is 0. The third kappa shape index (κ3) is 9.52. The molecule has 4 aromatic carbocycles. The molecule has 10 N–H and O–H groups in total. The summed E-state index contributed by atoms with van der Waals surface area (Å²) in [4.78, 5) is 58.8. The lowest BCUT2D eigenvalue weighted by Gasteiger charge is -2.48. The van der Waals surface area contributed by atoms with Crippen LogP contribution in [-0.4, -0.2) is 141 Å². The number of carboxylic acid groups (broad SMARTS) is 2. The van der Waals surface area contributed by atoms with E-state index in [2.05, 4.69) is 0 Å².